The lowest BCUT2D eigenvalue weighted by Crippen LogP contribution is -2.47. The summed E-state index contributed by atoms with van der Waals surface area (Å²) < 4.78 is 28.1. The molecular formula is C12H17BrClN3O2S. The van der Waals surface area contributed by atoms with Gasteiger partial charge in [0.05, 0.1) is 0 Å². The first-order chi connectivity index (χ1) is 9.29. The van der Waals surface area contributed by atoms with E-state index in [1.54, 1.807) is 0 Å². The smallest absolute Gasteiger partial charge is 0.243 e. The lowest BCUT2D eigenvalue weighted by atomic mass is 10.0. The van der Waals surface area contributed by atoms with Crippen LogP contribution < -0.4 is 4.72 Å². The van der Waals surface area contributed by atoms with Crippen LogP contribution in [-0.2, 0) is 10.0 Å². The molecule has 1 aliphatic heterocycles. The van der Waals surface area contributed by atoms with Crippen molar-refractivity contribution in [1.82, 2.24) is 14.6 Å². The van der Waals surface area contributed by atoms with Crippen LogP contribution in [0.2, 0.25) is 5.15 Å². The summed E-state index contributed by atoms with van der Waals surface area (Å²) in [5.41, 5.74) is 0. The fourth-order valence-electron chi connectivity index (χ4n) is 2.27. The predicted molar refractivity (Wildman–Crippen MR) is 82.4 cm³/mol. The molecule has 1 aromatic rings. The number of aromatic nitrogens is 1. The monoisotopic (exact) mass is 381 g/mol. The van der Waals surface area contributed by atoms with Crippen LogP contribution in [0.3, 0.4) is 0 Å². The van der Waals surface area contributed by atoms with Crippen molar-refractivity contribution in [2.45, 2.75) is 36.7 Å². The van der Waals surface area contributed by atoms with Crippen LogP contribution in [0, 0.1) is 0 Å². The molecule has 1 N–H and O–H groups in total. The molecule has 112 valence electrons. The highest BCUT2D eigenvalue weighted by Crippen LogP contribution is 2.24. The molecule has 2 unspecified atom stereocenters. The van der Waals surface area contributed by atoms with E-state index in [-0.39, 0.29) is 16.1 Å². The molecule has 1 fully saturated rings. The average Bonchev–Trinajstić information content (AvgIpc) is 2.36. The summed E-state index contributed by atoms with van der Waals surface area (Å²) in [6.07, 6.45) is 3.05. The molecule has 1 aliphatic rings. The minimum Gasteiger partial charge on any atom is -0.304 e. The quantitative estimate of drug-likeness (QED) is 0.815. The molecule has 2 atom stereocenters. The molecule has 0 aliphatic carbocycles. The largest absolute Gasteiger partial charge is 0.304 e. The molecule has 0 aromatic carbocycles. The third-order valence-corrected chi connectivity index (χ3v) is 5.97. The Morgan fingerprint density at radius 3 is 2.90 bits per heavy atom. The number of hydrogen-bond acceptors (Lipinski definition) is 4. The van der Waals surface area contributed by atoms with Gasteiger partial charge in [-0.3, -0.25) is 0 Å². The van der Waals surface area contributed by atoms with Gasteiger partial charge >= 0.3 is 0 Å². The zero-order valence-corrected chi connectivity index (χ0v) is 14.5. The Morgan fingerprint density at radius 2 is 2.25 bits per heavy atom. The van der Waals surface area contributed by atoms with Gasteiger partial charge in [0.15, 0.2) is 0 Å². The number of pyridine rings is 1. The summed E-state index contributed by atoms with van der Waals surface area (Å²) in [6.45, 7) is 2.97. The fourth-order valence-corrected chi connectivity index (χ4v) is 4.50. The van der Waals surface area contributed by atoms with Crippen LogP contribution in [0.5, 0.6) is 0 Å². The topological polar surface area (TPSA) is 62.3 Å². The Balaban J connectivity index is 2.17. The van der Waals surface area contributed by atoms with Crippen molar-refractivity contribution in [1.29, 1.82) is 0 Å². The van der Waals surface area contributed by atoms with Gasteiger partial charge in [-0.25, -0.2) is 18.1 Å². The molecule has 20 heavy (non-hydrogen) atoms. The van der Waals surface area contributed by atoms with E-state index in [4.69, 9.17) is 11.6 Å². The van der Waals surface area contributed by atoms with Gasteiger partial charge in [-0.2, -0.15) is 0 Å². The Morgan fingerprint density at radius 1 is 1.55 bits per heavy atom. The summed E-state index contributed by atoms with van der Waals surface area (Å²) in [5, 5.41) is -0.0123. The zero-order valence-electron chi connectivity index (χ0n) is 11.3. The van der Waals surface area contributed by atoms with E-state index in [0.29, 0.717) is 10.5 Å². The maximum Gasteiger partial charge on any atom is 0.243 e. The standard InChI is InChI=1S/C12H17BrClN3O2S/c1-8-5-10(3-4-17(8)2)16-20(18,19)11-6-9(13)7-15-12(11)14/h6-8,10,16H,3-5H2,1-2H3. The van der Waals surface area contributed by atoms with Crippen molar-refractivity contribution in [2.24, 2.45) is 0 Å². The summed E-state index contributed by atoms with van der Waals surface area (Å²) in [6, 6.07) is 1.75. The number of nitrogens with zero attached hydrogens (tertiary/aromatic N) is 2. The van der Waals surface area contributed by atoms with Gasteiger partial charge < -0.3 is 4.90 Å². The lowest BCUT2D eigenvalue weighted by Gasteiger charge is -2.35. The molecule has 2 heterocycles. The van der Waals surface area contributed by atoms with E-state index in [9.17, 15) is 8.42 Å². The van der Waals surface area contributed by atoms with Crippen LogP contribution >= 0.6 is 27.5 Å². The molecule has 1 saturated heterocycles. The first-order valence-corrected chi connectivity index (χ1v) is 8.98. The Hall–Kier alpha value is -0.210. The van der Waals surface area contributed by atoms with Crippen molar-refractivity contribution >= 4 is 37.6 Å². The molecule has 0 spiro atoms. The molecule has 5 nitrogen and oxygen atoms in total. The number of hydrogen-bond donors (Lipinski definition) is 1. The van der Waals surface area contributed by atoms with Gasteiger partial charge in [0, 0.05) is 22.8 Å². The summed E-state index contributed by atoms with van der Waals surface area (Å²) in [4.78, 5) is 6.09. The molecule has 0 bridgehead atoms. The first kappa shape index (κ1) is 16.2. The van der Waals surface area contributed by atoms with Crippen LogP contribution in [0.1, 0.15) is 19.8 Å². The summed E-state index contributed by atoms with van der Waals surface area (Å²) in [5.74, 6) is 0. The van der Waals surface area contributed by atoms with Crippen molar-refractivity contribution in [3.05, 3.63) is 21.9 Å². The normalized spacial score (nSPS) is 24.8. The first-order valence-electron chi connectivity index (χ1n) is 6.33. The van der Waals surface area contributed by atoms with Crippen molar-refractivity contribution in [3.63, 3.8) is 0 Å². The van der Waals surface area contributed by atoms with Crippen molar-refractivity contribution in [2.75, 3.05) is 13.6 Å². The molecule has 0 amide bonds. The van der Waals surface area contributed by atoms with Crippen LogP contribution in [0.25, 0.3) is 0 Å². The third kappa shape index (κ3) is 3.71. The summed E-state index contributed by atoms with van der Waals surface area (Å²) >= 11 is 9.10. The van der Waals surface area contributed by atoms with Gasteiger partial charge in [0.1, 0.15) is 10.0 Å². The van der Waals surface area contributed by atoms with E-state index in [2.05, 4.69) is 37.5 Å². The highest BCUT2D eigenvalue weighted by molar-refractivity contribution is 9.10. The molecule has 0 saturated carbocycles. The van der Waals surface area contributed by atoms with Crippen LogP contribution in [0.15, 0.2) is 21.6 Å². The van der Waals surface area contributed by atoms with E-state index < -0.39 is 10.0 Å². The lowest BCUT2D eigenvalue weighted by molar-refractivity contribution is 0.178. The zero-order chi connectivity index (χ0) is 14.9. The Labute approximate surface area is 132 Å². The second-order valence-corrected chi connectivity index (χ2v) is 8.07. The minimum atomic E-state index is -3.65. The van der Waals surface area contributed by atoms with E-state index in [0.717, 1.165) is 19.4 Å². The maximum atomic E-state index is 12.4. The fraction of sp³-hybridized carbons (Fsp3) is 0.583. The average molecular weight is 383 g/mol. The Kier molecular flexibility index (Phi) is 5.07. The second-order valence-electron chi connectivity index (χ2n) is 5.11. The Bertz CT molecular complexity index is 596. The predicted octanol–water partition coefficient (Wildman–Crippen LogP) is 2.26. The second kappa shape index (κ2) is 6.27. The number of halogens is 2. The molecular weight excluding hydrogens is 366 g/mol. The SMILES string of the molecule is CC1CC(NS(=O)(=O)c2cc(Br)cnc2Cl)CCN1C. The highest BCUT2D eigenvalue weighted by Gasteiger charge is 2.28. The number of sulfonamides is 1. The molecule has 2 rings (SSSR count). The minimum absolute atomic E-state index is 0.0123. The van der Waals surface area contributed by atoms with Crippen LogP contribution in [-0.4, -0.2) is 44.0 Å². The maximum absolute atomic E-state index is 12.4. The summed E-state index contributed by atoms with van der Waals surface area (Å²) in [7, 11) is -1.60. The van der Waals surface area contributed by atoms with E-state index >= 15 is 0 Å². The van der Waals surface area contributed by atoms with Crippen molar-refractivity contribution < 1.29 is 8.42 Å². The van der Waals surface area contributed by atoms with Gasteiger partial charge in [-0.05, 0) is 55.4 Å². The van der Waals surface area contributed by atoms with Gasteiger partial charge in [0.2, 0.25) is 10.0 Å². The van der Waals surface area contributed by atoms with Gasteiger partial charge in [-0.15, -0.1) is 0 Å². The van der Waals surface area contributed by atoms with E-state index in [1.807, 2.05) is 7.05 Å². The number of piperidine rings is 1. The highest BCUT2D eigenvalue weighted by atomic mass is 79.9. The van der Waals surface area contributed by atoms with Crippen LogP contribution in [0.4, 0.5) is 0 Å². The third-order valence-electron chi connectivity index (χ3n) is 3.59. The molecule has 8 heteroatoms. The number of rotatable bonds is 3. The number of nitrogens with one attached hydrogen (secondary N) is 1. The molecule has 1 aromatic heterocycles. The number of likely N-dealkylation sites (tertiary alicyclic amines) is 1. The van der Waals surface area contributed by atoms with Gasteiger partial charge in [-0.1, -0.05) is 11.6 Å². The molecule has 0 radical (unpaired) electrons. The van der Waals surface area contributed by atoms with E-state index in [1.165, 1.54) is 12.3 Å². The van der Waals surface area contributed by atoms with Gasteiger partial charge in [0.25, 0.3) is 0 Å². The van der Waals surface area contributed by atoms with Crippen molar-refractivity contribution in [3.8, 4) is 0 Å².